The Bertz CT molecular complexity index is 2250. The van der Waals surface area contributed by atoms with Gasteiger partial charge in [0.2, 0.25) is 5.91 Å². The van der Waals surface area contributed by atoms with Gasteiger partial charge in [0.15, 0.2) is 0 Å². The number of ether oxygens (including phenoxy) is 2. The van der Waals surface area contributed by atoms with Crippen molar-refractivity contribution < 1.29 is 33.4 Å². The molecule has 2 aliphatic heterocycles. The number of amides is 5. The molecule has 5 amide bonds. The number of nitrogens with zero attached hydrogens (tertiary/aromatic N) is 4. The number of imidazole rings is 1. The molecule has 2 fully saturated rings. The molecular weight excluding hydrogens is 753 g/mol. The van der Waals surface area contributed by atoms with E-state index in [1.54, 1.807) is 70.7 Å². The lowest BCUT2D eigenvalue weighted by atomic mass is 10.0. The molecule has 304 valence electrons. The second-order valence-corrected chi connectivity index (χ2v) is 14.4. The Morgan fingerprint density at radius 1 is 0.695 bits per heavy atom. The Morgan fingerprint density at radius 3 is 1.86 bits per heavy atom. The Balaban J connectivity index is 0.961. The zero-order valence-electron chi connectivity index (χ0n) is 32.8. The number of carbonyl (C=O) groups is 5. The van der Waals surface area contributed by atoms with Crippen molar-refractivity contribution in [2.75, 3.05) is 33.9 Å². The molecule has 2 aliphatic rings. The Morgan fingerprint density at radius 2 is 1.27 bits per heavy atom. The van der Waals surface area contributed by atoms with Crippen molar-refractivity contribution >= 4 is 29.9 Å². The van der Waals surface area contributed by atoms with Gasteiger partial charge in [0.05, 0.1) is 37.8 Å². The number of alkyl carbamates (subject to hydrolysis) is 2. The van der Waals surface area contributed by atoms with E-state index in [9.17, 15) is 24.0 Å². The number of hydrogen-bond donors (Lipinski definition) is 4. The number of hydrogen-bond acceptors (Lipinski definition) is 9. The standard InChI is InChI=1S/C44H46N8O7/c1-58-43(56)49-37(29-11-5-3-6-12-29)41(54)51-23-9-15-33(51)26-47-40(53)31-19-17-28(18-20-31)34-22-21-32(25-45-34)35-27-46-39(48-35)36-16-10-24-52(36)42(55)38(50-44(57)59-2)30-13-7-4-8-14-30/h3-8,11-14,17-22,25,27,33,36-38H,9-10,15-16,23-24,26H2,1-2H3,(H,46,48)(H,47,53)(H,49,56)(H,50,57)/t33-,36-,37+,38+/m0/s1. The predicted molar refractivity (Wildman–Crippen MR) is 217 cm³/mol. The van der Waals surface area contributed by atoms with Gasteiger partial charge in [0.1, 0.15) is 17.9 Å². The third-order valence-corrected chi connectivity index (χ3v) is 10.8. The van der Waals surface area contributed by atoms with E-state index < -0.39 is 24.3 Å². The average Bonchev–Trinajstić information content (AvgIpc) is 4.09. The fraction of sp³-hybridized carbons (Fsp3) is 0.295. The lowest BCUT2D eigenvalue weighted by Gasteiger charge is -2.29. The van der Waals surface area contributed by atoms with E-state index >= 15 is 0 Å². The summed E-state index contributed by atoms with van der Waals surface area (Å²) in [6.45, 7) is 1.30. The van der Waals surface area contributed by atoms with Crippen molar-refractivity contribution in [2.24, 2.45) is 0 Å². The number of methoxy groups -OCH3 is 2. The van der Waals surface area contributed by atoms with Crippen molar-refractivity contribution in [3.63, 3.8) is 0 Å². The summed E-state index contributed by atoms with van der Waals surface area (Å²) in [6, 6.07) is 26.7. The monoisotopic (exact) mass is 798 g/mol. The van der Waals surface area contributed by atoms with Gasteiger partial charge < -0.3 is 40.2 Å². The Kier molecular flexibility index (Phi) is 12.6. The highest BCUT2D eigenvalue weighted by atomic mass is 16.5. The van der Waals surface area contributed by atoms with Crippen LogP contribution in [0.1, 0.15) is 71.1 Å². The highest BCUT2D eigenvalue weighted by Gasteiger charge is 2.38. The van der Waals surface area contributed by atoms with Crippen LogP contribution in [0.4, 0.5) is 9.59 Å². The quantitative estimate of drug-likeness (QED) is 0.123. The molecule has 0 unspecified atom stereocenters. The lowest BCUT2D eigenvalue weighted by Crippen LogP contribution is -2.48. The first-order chi connectivity index (χ1) is 28.7. The third-order valence-electron chi connectivity index (χ3n) is 10.8. The van der Waals surface area contributed by atoms with Crippen molar-refractivity contribution in [1.29, 1.82) is 0 Å². The highest BCUT2D eigenvalue weighted by molar-refractivity contribution is 5.95. The Labute approximate surface area is 341 Å². The van der Waals surface area contributed by atoms with E-state index in [0.717, 1.165) is 36.1 Å². The number of nitrogens with one attached hydrogen (secondary N) is 4. The van der Waals surface area contributed by atoms with E-state index in [2.05, 4.69) is 30.9 Å². The number of aromatic nitrogens is 3. The predicted octanol–water partition coefficient (Wildman–Crippen LogP) is 5.72. The van der Waals surface area contributed by atoms with Crippen molar-refractivity contribution in [2.45, 2.75) is 49.9 Å². The fourth-order valence-electron chi connectivity index (χ4n) is 7.69. The normalized spacial score (nSPS) is 17.1. The van der Waals surface area contributed by atoms with Gasteiger partial charge in [-0.1, -0.05) is 72.8 Å². The van der Waals surface area contributed by atoms with Crippen LogP contribution in [0, 0.1) is 0 Å². The maximum Gasteiger partial charge on any atom is 0.407 e. The van der Waals surface area contributed by atoms with Crippen LogP contribution in [0.5, 0.6) is 0 Å². The van der Waals surface area contributed by atoms with Crippen LogP contribution in [0.2, 0.25) is 0 Å². The molecule has 15 nitrogen and oxygen atoms in total. The van der Waals surface area contributed by atoms with Gasteiger partial charge in [-0.25, -0.2) is 14.6 Å². The van der Waals surface area contributed by atoms with Crippen molar-refractivity contribution in [1.82, 2.24) is 40.7 Å². The minimum Gasteiger partial charge on any atom is -0.453 e. The molecule has 2 aromatic heterocycles. The molecule has 4 atom stereocenters. The van der Waals surface area contributed by atoms with E-state index in [4.69, 9.17) is 9.47 Å². The number of carbonyl (C=O) groups excluding carboxylic acids is 5. The number of benzene rings is 3. The van der Waals surface area contributed by atoms with Crippen LogP contribution >= 0.6 is 0 Å². The van der Waals surface area contributed by atoms with Gasteiger partial charge in [-0.05, 0) is 61.1 Å². The molecule has 7 rings (SSSR count). The molecule has 3 aromatic carbocycles. The SMILES string of the molecule is COC(=O)N[C@@H](C(=O)N1CCC[C@H]1CNC(=O)c1ccc(-c2ccc(-c3cnc([C@@H]4CCCN4C(=O)[C@H](NC(=O)OC)c4ccccc4)[nH]3)cn2)cc1)c1ccccc1. The first kappa shape index (κ1) is 40.2. The molecule has 2 saturated heterocycles. The molecule has 0 radical (unpaired) electrons. The number of likely N-dealkylation sites (tertiary alicyclic amines) is 2. The summed E-state index contributed by atoms with van der Waals surface area (Å²) in [7, 11) is 2.52. The van der Waals surface area contributed by atoms with E-state index in [-0.39, 0.29) is 36.3 Å². The second-order valence-electron chi connectivity index (χ2n) is 14.4. The zero-order valence-corrected chi connectivity index (χ0v) is 32.8. The Hall–Kier alpha value is -7.03. The maximum atomic E-state index is 13.9. The molecule has 0 saturated carbocycles. The summed E-state index contributed by atoms with van der Waals surface area (Å²) < 4.78 is 9.58. The summed E-state index contributed by atoms with van der Waals surface area (Å²) in [5.41, 5.74) is 4.86. The highest BCUT2D eigenvalue weighted by Crippen LogP contribution is 2.34. The van der Waals surface area contributed by atoms with Crippen molar-refractivity contribution in [3.05, 3.63) is 132 Å². The lowest BCUT2D eigenvalue weighted by molar-refractivity contribution is -0.135. The molecular formula is C44H46N8O7. The van der Waals surface area contributed by atoms with Crippen LogP contribution in [0.25, 0.3) is 22.5 Å². The van der Waals surface area contributed by atoms with Gasteiger partial charge in [-0.15, -0.1) is 0 Å². The largest absolute Gasteiger partial charge is 0.453 e. The summed E-state index contributed by atoms with van der Waals surface area (Å²) in [6.07, 6.45) is 5.08. The third kappa shape index (κ3) is 9.25. The first-order valence-electron chi connectivity index (χ1n) is 19.5. The van der Waals surface area contributed by atoms with Gasteiger partial charge in [-0.3, -0.25) is 19.4 Å². The van der Waals surface area contributed by atoms with Crippen molar-refractivity contribution in [3.8, 4) is 22.5 Å². The molecule has 5 aromatic rings. The van der Waals surface area contributed by atoms with Crippen LogP contribution in [-0.2, 0) is 19.1 Å². The summed E-state index contributed by atoms with van der Waals surface area (Å²) in [4.78, 5) is 81.2. The van der Waals surface area contributed by atoms with Crippen LogP contribution in [0.3, 0.4) is 0 Å². The fourth-order valence-corrected chi connectivity index (χ4v) is 7.69. The molecule has 4 heterocycles. The number of pyridine rings is 1. The van der Waals surface area contributed by atoms with Gasteiger partial charge in [0.25, 0.3) is 11.8 Å². The molecule has 0 spiro atoms. The average molecular weight is 799 g/mol. The van der Waals surface area contributed by atoms with Crippen LogP contribution in [0.15, 0.2) is 109 Å². The molecule has 4 N–H and O–H groups in total. The zero-order chi connectivity index (χ0) is 41.3. The molecule has 15 heteroatoms. The first-order valence-corrected chi connectivity index (χ1v) is 19.5. The van der Waals surface area contributed by atoms with E-state index in [1.165, 1.54) is 14.2 Å². The van der Waals surface area contributed by atoms with Crippen LogP contribution in [-0.4, -0.2) is 94.6 Å². The molecule has 59 heavy (non-hydrogen) atoms. The smallest absolute Gasteiger partial charge is 0.407 e. The minimum atomic E-state index is -0.912. The maximum absolute atomic E-state index is 13.9. The van der Waals surface area contributed by atoms with Gasteiger partial charge in [0, 0.05) is 48.6 Å². The van der Waals surface area contributed by atoms with Crippen LogP contribution < -0.4 is 16.0 Å². The summed E-state index contributed by atoms with van der Waals surface area (Å²) in [5, 5.41) is 8.33. The molecule has 0 aliphatic carbocycles. The topological polar surface area (TPSA) is 188 Å². The van der Waals surface area contributed by atoms with Gasteiger partial charge >= 0.3 is 12.2 Å². The number of rotatable bonds is 12. The summed E-state index contributed by atoms with van der Waals surface area (Å²) >= 11 is 0. The minimum absolute atomic E-state index is 0.230. The number of aromatic amines is 1. The second kappa shape index (κ2) is 18.5. The van der Waals surface area contributed by atoms with E-state index in [0.29, 0.717) is 47.7 Å². The summed E-state index contributed by atoms with van der Waals surface area (Å²) in [5.74, 6) is -0.120. The molecule has 0 bridgehead atoms. The number of H-pyrrole nitrogens is 1. The van der Waals surface area contributed by atoms with Gasteiger partial charge in [-0.2, -0.15) is 0 Å². The van der Waals surface area contributed by atoms with E-state index in [1.807, 2.05) is 48.5 Å².